The molecular formula is C19H24F2N2O3S. The van der Waals surface area contributed by atoms with Crippen LogP contribution in [0.15, 0.2) is 29.8 Å². The summed E-state index contributed by atoms with van der Waals surface area (Å²) < 4.78 is 55.1. The summed E-state index contributed by atoms with van der Waals surface area (Å²) in [6.45, 7) is 2.53. The minimum atomic E-state index is -3.61. The van der Waals surface area contributed by atoms with Gasteiger partial charge in [-0.05, 0) is 50.3 Å². The molecule has 1 fully saturated rings. The smallest absolute Gasteiger partial charge is 0.254 e. The molecule has 2 aliphatic rings. The molecule has 3 rings (SSSR count). The van der Waals surface area contributed by atoms with Gasteiger partial charge in [-0.15, -0.1) is 0 Å². The fraction of sp³-hybridized carbons (Fsp3) is 0.526. The van der Waals surface area contributed by atoms with E-state index in [1.54, 1.807) is 6.92 Å². The van der Waals surface area contributed by atoms with Gasteiger partial charge in [0.1, 0.15) is 12.0 Å². The average molecular weight is 398 g/mol. The Morgan fingerprint density at radius 3 is 2.56 bits per heavy atom. The molecule has 1 aromatic carbocycles. The summed E-state index contributed by atoms with van der Waals surface area (Å²) in [7, 11) is -3.61. The van der Waals surface area contributed by atoms with Crippen LogP contribution >= 0.6 is 0 Å². The van der Waals surface area contributed by atoms with E-state index in [0.717, 1.165) is 25.3 Å². The van der Waals surface area contributed by atoms with Gasteiger partial charge in [0.05, 0.1) is 5.25 Å². The normalized spacial score (nSPS) is 24.3. The number of nitrogens with zero attached hydrogens (tertiary/aromatic N) is 1. The Bertz CT molecular complexity index is 849. The maximum atomic E-state index is 14.3. The summed E-state index contributed by atoms with van der Waals surface area (Å²) in [5.74, 6) is -1.21. The maximum Gasteiger partial charge on any atom is 0.254 e. The van der Waals surface area contributed by atoms with Crippen molar-refractivity contribution >= 4 is 21.6 Å². The molecule has 5 nitrogen and oxygen atoms in total. The molecule has 0 bridgehead atoms. The molecule has 0 aromatic heterocycles. The van der Waals surface area contributed by atoms with Gasteiger partial charge in [0.2, 0.25) is 10.0 Å². The number of hydrogen-bond donors (Lipinski definition) is 1. The van der Waals surface area contributed by atoms with Gasteiger partial charge in [-0.2, -0.15) is 0 Å². The zero-order chi connectivity index (χ0) is 19.6. The van der Waals surface area contributed by atoms with E-state index in [1.807, 2.05) is 0 Å². The van der Waals surface area contributed by atoms with Crippen LogP contribution in [-0.4, -0.2) is 43.1 Å². The quantitative estimate of drug-likeness (QED) is 0.846. The third kappa shape index (κ3) is 4.38. The van der Waals surface area contributed by atoms with Gasteiger partial charge >= 0.3 is 0 Å². The molecule has 1 aliphatic heterocycles. The number of amides is 1. The molecule has 1 aliphatic carbocycles. The summed E-state index contributed by atoms with van der Waals surface area (Å²) in [5, 5.41) is 1.56. The Hall–Kier alpha value is -1.80. The standard InChI is InChI=1S/C19H24F2N2O3S/c1-13-5-6-14(11-18(13)21)22-19(24)16-12-15(7-8-17(16)20)27(25,26)23-9-3-2-4-10-23/h5-6,11-12,15,17H,2-4,7-10H2,1H3,(H,22,24). The highest BCUT2D eigenvalue weighted by Gasteiger charge is 2.37. The lowest BCUT2D eigenvalue weighted by Crippen LogP contribution is -2.43. The number of sulfonamides is 1. The van der Waals surface area contributed by atoms with Crippen LogP contribution in [0.5, 0.6) is 0 Å². The molecule has 8 heteroatoms. The highest BCUT2D eigenvalue weighted by atomic mass is 32.2. The minimum Gasteiger partial charge on any atom is -0.322 e. The summed E-state index contributed by atoms with van der Waals surface area (Å²) in [4.78, 5) is 12.5. The summed E-state index contributed by atoms with van der Waals surface area (Å²) >= 11 is 0. The first-order valence-corrected chi connectivity index (χ1v) is 10.7. The van der Waals surface area contributed by atoms with Gasteiger partial charge in [-0.25, -0.2) is 21.5 Å². The van der Waals surface area contributed by atoms with E-state index in [-0.39, 0.29) is 24.1 Å². The third-order valence-corrected chi connectivity index (χ3v) is 7.38. The average Bonchev–Trinajstić information content (AvgIpc) is 2.65. The number of anilines is 1. The monoisotopic (exact) mass is 398 g/mol. The predicted molar refractivity (Wildman–Crippen MR) is 100 cm³/mol. The van der Waals surface area contributed by atoms with Crippen molar-refractivity contribution in [2.45, 2.75) is 50.4 Å². The number of hydrogen-bond acceptors (Lipinski definition) is 3. The van der Waals surface area contributed by atoms with Crippen molar-refractivity contribution in [3.05, 3.63) is 41.2 Å². The van der Waals surface area contributed by atoms with Gasteiger partial charge in [0.25, 0.3) is 5.91 Å². The number of carbonyl (C=O) groups excluding carboxylic acids is 1. The lowest BCUT2D eigenvalue weighted by Gasteiger charge is -2.31. The zero-order valence-corrected chi connectivity index (χ0v) is 16.1. The van der Waals surface area contributed by atoms with E-state index in [0.29, 0.717) is 18.7 Å². The first-order chi connectivity index (χ1) is 12.8. The zero-order valence-electron chi connectivity index (χ0n) is 15.2. The van der Waals surface area contributed by atoms with Gasteiger partial charge in [-0.3, -0.25) is 4.79 Å². The molecule has 0 saturated carbocycles. The van der Waals surface area contributed by atoms with Crippen LogP contribution in [-0.2, 0) is 14.8 Å². The molecule has 2 unspecified atom stereocenters. The molecule has 148 valence electrons. The molecule has 2 atom stereocenters. The van der Waals surface area contributed by atoms with Gasteiger partial charge in [-0.1, -0.05) is 18.6 Å². The van der Waals surface area contributed by atoms with Crippen molar-refractivity contribution in [2.24, 2.45) is 0 Å². The van der Waals surface area contributed by atoms with Crippen molar-refractivity contribution < 1.29 is 22.0 Å². The molecular weight excluding hydrogens is 374 g/mol. The van der Waals surface area contributed by atoms with E-state index in [1.165, 1.54) is 22.5 Å². The van der Waals surface area contributed by atoms with Crippen molar-refractivity contribution in [1.82, 2.24) is 4.31 Å². The molecule has 1 aromatic rings. The molecule has 1 saturated heterocycles. The van der Waals surface area contributed by atoms with E-state index >= 15 is 0 Å². The van der Waals surface area contributed by atoms with Gasteiger partial charge in [0, 0.05) is 24.4 Å². The topological polar surface area (TPSA) is 66.5 Å². The van der Waals surface area contributed by atoms with Crippen LogP contribution < -0.4 is 5.32 Å². The van der Waals surface area contributed by atoms with E-state index in [9.17, 15) is 22.0 Å². The van der Waals surface area contributed by atoms with Crippen LogP contribution in [0.3, 0.4) is 0 Å². The Balaban J connectivity index is 1.80. The first-order valence-electron chi connectivity index (χ1n) is 9.21. The molecule has 27 heavy (non-hydrogen) atoms. The first kappa shape index (κ1) is 19.9. The van der Waals surface area contributed by atoms with Crippen molar-refractivity contribution in [1.29, 1.82) is 0 Å². The maximum absolute atomic E-state index is 14.3. The Labute approximate surface area is 158 Å². The number of aryl methyl sites for hydroxylation is 1. The third-order valence-electron chi connectivity index (χ3n) is 5.16. The molecule has 0 radical (unpaired) electrons. The Morgan fingerprint density at radius 1 is 1.19 bits per heavy atom. The molecule has 1 N–H and O–H groups in total. The highest BCUT2D eigenvalue weighted by Crippen LogP contribution is 2.29. The molecule has 0 spiro atoms. The second-order valence-electron chi connectivity index (χ2n) is 7.13. The molecule has 1 amide bonds. The van der Waals surface area contributed by atoms with Crippen molar-refractivity contribution in [3.63, 3.8) is 0 Å². The van der Waals surface area contributed by atoms with E-state index in [4.69, 9.17) is 0 Å². The lowest BCUT2D eigenvalue weighted by atomic mass is 9.96. The van der Waals surface area contributed by atoms with Crippen LogP contribution in [0, 0.1) is 12.7 Å². The number of halogens is 2. The van der Waals surface area contributed by atoms with Crippen LogP contribution in [0.25, 0.3) is 0 Å². The number of piperidine rings is 1. The van der Waals surface area contributed by atoms with Crippen LogP contribution in [0.2, 0.25) is 0 Å². The Morgan fingerprint density at radius 2 is 1.89 bits per heavy atom. The summed E-state index contributed by atoms with van der Waals surface area (Å²) in [6, 6.07) is 4.19. The number of alkyl halides is 1. The summed E-state index contributed by atoms with van der Waals surface area (Å²) in [6.07, 6.45) is 2.45. The fourth-order valence-corrected chi connectivity index (χ4v) is 5.39. The van der Waals surface area contributed by atoms with Crippen LogP contribution in [0.4, 0.5) is 14.5 Å². The largest absolute Gasteiger partial charge is 0.322 e. The minimum absolute atomic E-state index is 0.0285. The fourth-order valence-electron chi connectivity index (χ4n) is 3.49. The van der Waals surface area contributed by atoms with Crippen LogP contribution in [0.1, 0.15) is 37.7 Å². The predicted octanol–water partition coefficient (Wildman–Crippen LogP) is 3.32. The second-order valence-corrected chi connectivity index (χ2v) is 9.28. The second kappa shape index (κ2) is 8.06. The lowest BCUT2D eigenvalue weighted by molar-refractivity contribution is -0.113. The number of rotatable bonds is 4. The number of carbonyl (C=O) groups is 1. The number of nitrogens with one attached hydrogen (secondary N) is 1. The van der Waals surface area contributed by atoms with Gasteiger partial charge < -0.3 is 5.32 Å². The molecule has 1 heterocycles. The Kier molecular flexibility index (Phi) is 5.95. The highest BCUT2D eigenvalue weighted by molar-refractivity contribution is 7.89. The van der Waals surface area contributed by atoms with Gasteiger partial charge in [0.15, 0.2) is 0 Å². The van der Waals surface area contributed by atoms with Crippen molar-refractivity contribution in [3.8, 4) is 0 Å². The SMILES string of the molecule is Cc1ccc(NC(=O)C2=CC(S(=O)(=O)N3CCCCC3)CCC2F)cc1F. The van der Waals surface area contributed by atoms with E-state index < -0.39 is 33.2 Å². The van der Waals surface area contributed by atoms with Crippen molar-refractivity contribution in [2.75, 3.05) is 18.4 Å². The summed E-state index contributed by atoms with van der Waals surface area (Å²) in [5.41, 5.74) is 0.436. The number of benzene rings is 1. The van der Waals surface area contributed by atoms with E-state index in [2.05, 4.69) is 5.32 Å².